The molecular weight excluding hydrogens is 370 g/mol. The second-order valence-electron chi connectivity index (χ2n) is 7.81. The summed E-state index contributed by atoms with van der Waals surface area (Å²) in [5.74, 6) is 1.78. The van der Waals surface area contributed by atoms with Gasteiger partial charge in [0.2, 0.25) is 0 Å². The summed E-state index contributed by atoms with van der Waals surface area (Å²) in [5.41, 5.74) is 8.94. The predicted molar refractivity (Wildman–Crippen MR) is 120 cm³/mol. The molecule has 0 saturated heterocycles. The maximum Gasteiger partial charge on any atom is 0.168 e. The molecule has 0 spiro atoms. The van der Waals surface area contributed by atoms with Crippen molar-refractivity contribution in [3.8, 4) is 22.8 Å². The van der Waals surface area contributed by atoms with E-state index in [0.717, 1.165) is 39.6 Å². The Balaban J connectivity index is 1.71. The Morgan fingerprint density at radius 1 is 0.800 bits per heavy atom. The molecule has 5 rings (SSSR count). The molecule has 2 heterocycles. The van der Waals surface area contributed by atoms with Crippen molar-refractivity contribution < 1.29 is 0 Å². The lowest BCUT2D eigenvalue weighted by Crippen LogP contribution is -2.02. The summed E-state index contributed by atoms with van der Waals surface area (Å²) in [7, 11) is 0. The molecule has 0 radical (unpaired) electrons. The molecule has 0 aliphatic rings. The van der Waals surface area contributed by atoms with Crippen LogP contribution in [0.1, 0.15) is 22.5 Å². The second-order valence-corrected chi connectivity index (χ2v) is 7.81. The van der Waals surface area contributed by atoms with E-state index in [-0.39, 0.29) is 0 Å². The molecule has 0 unspecified atom stereocenters. The molecule has 0 bridgehead atoms. The normalized spacial score (nSPS) is 11.3. The molecule has 0 N–H and O–H groups in total. The minimum Gasteiger partial charge on any atom is -0.297 e. The van der Waals surface area contributed by atoms with Crippen molar-refractivity contribution in [2.24, 2.45) is 0 Å². The highest BCUT2D eigenvalue weighted by Gasteiger charge is 2.16. The van der Waals surface area contributed by atoms with Gasteiger partial charge in [-0.15, -0.1) is 10.2 Å². The minimum atomic E-state index is 0.824. The van der Waals surface area contributed by atoms with E-state index < -0.39 is 0 Å². The van der Waals surface area contributed by atoms with Crippen LogP contribution < -0.4 is 0 Å². The number of aryl methyl sites for hydroxylation is 4. The Kier molecular flexibility index (Phi) is 4.24. The first-order valence-electron chi connectivity index (χ1n) is 10.1. The quantitative estimate of drug-likeness (QED) is 0.406. The maximum absolute atomic E-state index is 4.75. The molecule has 30 heavy (non-hydrogen) atoms. The number of aromatic nitrogens is 5. The van der Waals surface area contributed by atoms with Crippen molar-refractivity contribution in [3.05, 3.63) is 89.5 Å². The van der Waals surface area contributed by atoms with Gasteiger partial charge in [-0.2, -0.15) is 0 Å². The Morgan fingerprint density at radius 3 is 2.27 bits per heavy atom. The van der Waals surface area contributed by atoms with Crippen LogP contribution in [0, 0.1) is 27.7 Å². The lowest BCUT2D eigenvalue weighted by molar-refractivity contribution is 1.00. The van der Waals surface area contributed by atoms with Crippen LogP contribution in [0.3, 0.4) is 0 Å². The van der Waals surface area contributed by atoms with Gasteiger partial charge in [0.25, 0.3) is 0 Å². The lowest BCUT2D eigenvalue weighted by Gasteiger charge is -2.14. The van der Waals surface area contributed by atoms with Crippen LogP contribution in [0.4, 0.5) is 0 Å². The topological polar surface area (TPSA) is 48.5 Å². The fourth-order valence-corrected chi connectivity index (χ4v) is 4.39. The van der Waals surface area contributed by atoms with E-state index in [1.54, 1.807) is 6.33 Å². The van der Waals surface area contributed by atoms with E-state index in [4.69, 9.17) is 4.98 Å². The first-order valence-corrected chi connectivity index (χ1v) is 10.1. The average Bonchev–Trinajstić information content (AvgIpc) is 3.31. The first kappa shape index (κ1) is 18.3. The van der Waals surface area contributed by atoms with Crippen LogP contribution in [0.5, 0.6) is 0 Å². The van der Waals surface area contributed by atoms with Crippen LogP contribution in [-0.2, 0) is 0 Å². The van der Waals surface area contributed by atoms with Crippen molar-refractivity contribution >= 4 is 11.0 Å². The molecule has 0 fully saturated rings. The molecule has 5 heteroatoms. The number of imidazole rings is 1. The molecule has 0 saturated carbocycles. The van der Waals surface area contributed by atoms with E-state index in [1.807, 2.05) is 25.1 Å². The van der Waals surface area contributed by atoms with E-state index in [0.29, 0.717) is 0 Å². The highest BCUT2D eigenvalue weighted by Crippen LogP contribution is 2.29. The summed E-state index contributed by atoms with van der Waals surface area (Å²) < 4.78 is 4.27. The fraction of sp³-hybridized carbons (Fsp3) is 0.160. The number of nitrogens with zero attached hydrogens (tertiary/aromatic N) is 5. The Morgan fingerprint density at radius 2 is 1.53 bits per heavy atom. The van der Waals surface area contributed by atoms with E-state index in [1.165, 1.54) is 16.7 Å². The zero-order valence-electron chi connectivity index (χ0n) is 17.6. The highest BCUT2D eigenvalue weighted by atomic mass is 15.3. The average molecular weight is 393 g/mol. The molecule has 0 aliphatic heterocycles. The number of benzene rings is 3. The van der Waals surface area contributed by atoms with Crippen LogP contribution >= 0.6 is 0 Å². The molecule has 2 aromatic heterocycles. The van der Waals surface area contributed by atoms with Crippen LogP contribution in [-0.4, -0.2) is 24.3 Å². The highest BCUT2D eigenvalue weighted by molar-refractivity contribution is 5.83. The standard InChI is InChI=1S/C25H23N5/c1-16-12-17(2)24(18(3)13-16)29-15-26-28-25(29)20-10-11-22-23(14-20)30(19(4)27-22)21-8-6-5-7-9-21/h5-15H,1-4H3. The summed E-state index contributed by atoms with van der Waals surface area (Å²) in [6.45, 7) is 8.43. The third-order valence-electron chi connectivity index (χ3n) is 5.52. The predicted octanol–water partition coefficient (Wildman–Crippen LogP) is 5.51. The number of rotatable bonds is 3. The Bertz CT molecular complexity index is 1350. The summed E-state index contributed by atoms with van der Waals surface area (Å²) in [6, 6.07) is 21.0. The van der Waals surface area contributed by atoms with Crippen molar-refractivity contribution in [1.29, 1.82) is 0 Å². The van der Waals surface area contributed by atoms with Crippen LogP contribution in [0.25, 0.3) is 33.8 Å². The van der Waals surface area contributed by atoms with Gasteiger partial charge in [0, 0.05) is 11.3 Å². The van der Waals surface area contributed by atoms with Gasteiger partial charge in [-0.25, -0.2) is 4.98 Å². The zero-order valence-corrected chi connectivity index (χ0v) is 17.6. The molecule has 148 valence electrons. The monoisotopic (exact) mass is 393 g/mol. The third kappa shape index (κ3) is 2.90. The van der Waals surface area contributed by atoms with Crippen molar-refractivity contribution in [2.45, 2.75) is 27.7 Å². The molecule has 5 nitrogen and oxygen atoms in total. The van der Waals surface area contributed by atoms with E-state index in [9.17, 15) is 0 Å². The summed E-state index contributed by atoms with van der Waals surface area (Å²) >= 11 is 0. The van der Waals surface area contributed by atoms with Gasteiger partial charge in [0.05, 0.1) is 16.7 Å². The molecule has 0 atom stereocenters. The number of fused-ring (bicyclic) bond motifs is 1. The SMILES string of the molecule is Cc1cc(C)c(-n2cnnc2-c2ccc3nc(C)n(-c4ccccc4)c3c2)c(C)c1. The molecule has 0 amide bonds. The van der Waals surface area contributed by atoms with Crippen molar-refractivity contribution in [2.75, 3.05) is 0 Å². The van der Waals surface area contributed by atoms with Gasteiger partial charge in [-0.05, 0) is 69.2 Å². The number of para-hydroxylation sites is 1. The van der Waals surface area contributed by atoms with Gasteiger partial charge in [0.1, 0.15) is 12.2 Å². The van der Waals surface area contributed by atoms with Gasteiger partial charge >= 0.3 is 0 Å². The Hall–Kier alpha value is -3.73. The van der Waals surface area contributed by atoms with Crippen molar-refractivity contribution in [1.82, 2.24) is 24.3 Å². The lowest BCUT2D eigenvalue weighted by atomic mass is 10.0. The maximum atomic E-state index is 4.75. The Labute approximate surface area is 175 Å². The van der Waals surface area contributed by atoms with E-state index in [2.05, 4.69) is 82.6 Å². The summed E-state index contributed by atoms with van der Waals surface area (Å²) in [4.78, 5) is 4.75. The summed E-state index contributed by atoms with van der Waals surface area (Å²) in [5, 5.41) is 8.70. The fourth-order valence-electron chi connectivity index (χ4n) is 4.39. The summed E-state index contributed by atoms with van der Waals surface area (Å²) in [6.07, 6.45) is 1.80. The van der Waals surface area contributed by atoms with Crippen LogP contribution in [0.15, 0.2) is 67.0 Å². The molecule has 3 aromatic carbocycles. The molecular formula is C25H23N5. The molecule has 0 aliphatic carbocycles. The number of hydrogen-bond acceptors (Lipinski definition) is 3. The van der Waals surface area contributed by atoms with Crippen LogP contribution in [0.2, 0.25) is 0 Å². The van der Waals surface area contributed by atoms with Gasteiger partial charge in [-0.1, -0.05) is 35.9 Å². The van der Waals surface area contributed by atoms with Gasteiger partial charge in [-0.3, -0.25) is 9.13 Å². The minimum absolute atomic E-state index is 0.824. The molecule has 5 aromatic rings. The van der Waals surface area contributed by atoms with Crippen molar-refractivity contribution in [3.63, 3.8) is 0 Å². The smallest absolute Gasteiger partial charge is 0.168 e. The third-order valence-corrected chi connectivity index (χ3v) is 5.52. The van der Waals surface area contributed by atoms with E-state index >= 15 is 0 Å². The zero-order chi connectivity index (χ0) is 20.8. The number of hydrogen-bond donors (Lipinski definition) is 0. The van der Waals surface area contributed by atoms with Gasteiger partial charge < -0.3 is 0 Å². The largest absolute Gasteiger partial charge is 0.297 e. The first-order chi connectivity index (χ1) is 14.5. The second kappa shape index (κ2) is 6.95. The van der Waals surface area contributed by atoms with Gasteiger partial charge in [0.15, 0.2) is 5.82 Å².